The van der Waals surface area contributed by atoms with Gasteiger partial charge in [-0.2, -0.15) is 0 Å². The molecule has 0 aliphatic carbocycles. The smallest absolute Gasteiger partial charge is 0.414 e. The van der Waals surface area contributed by atoms with Crippen LogP contribution in [0, 0.1) is 0 Å². The van der Waals surface area contributed by atoms with Crippen LogP contribution in [0.15, 0.2) is 36.4 Å². The lowest BCUT2D eigenvalue weighted by Crippen LogP contribution is -2.18. The van der Waals surface area contributed by atoms with Crippen molar-refractivity contribution in [2.45, 2.75) is 105 Å². The van der Waals surface area contributed by atoms with Gasteiger partial charge in [-0.15, -0.1) is 4.20 Å². The largest absolute Gasteiger partial charge is 0.505 e. The molecule has 4 heteroatoms. The summed E-state index contributed by atoms with van der Waals surface area (Å²) in [5.74, 6) is 1.09. The average molecular weight is 461 g/mol. The molecule has 2 aromatic carbocycles. The van der Waals surface area contributed by atoms with E-state index in [1.54, 1.807) is 0 Å². The van der Waals surface area contributed by atoms with Crippen molar-refractivity contribution in [3.63, 3.8) is 0 Å². The molecule has 0 bridgehead atoms. The van der Waals surface area contributed by atoms with Crippen molar-refractivity contribution in [3.05, 3.63) is 58.7 Å². The molecule has 0 aliphatic heterocycles. The van der Waals surface area contributed by atoms with Gasteiger partial charge in [0.2, 0.25) is 0 Å². The Kier molecular flexibility index (Phi) is 7.48. The number of rotatable bonds is 4. The first-order chi connectivity index (χ1) is 14.3. The van der Waals surface area contributed by atoms with Gasteiger partial charge >= 0.3 is 8.69 Å². The van der Waals surface area contributed by atoms with Crippen molar-refractivity contribution in [2.24, 2.45) is 0 Å². The number of benzene rings is 2. The lowest BCUT2D eigenvalue weighted by molar-refractivity contribution is 0.419. The Bertz CT molecular complexity index is 860. The molecular weight excluding hydrogens is 418 g/mol. The minimum absolute atomic E-state index is 0.00584. The monoisotopic (exact) mass is 460 g/mol. The Morgan fingerprint density at radius 1 is 0.531 bits per heavy atom. The minimum Gasteiger partial charge on any atom is -0.414 e. The van der Waals surface area contributed by atoms with Crippen LogP contribution in [0.2, 0.25) is 0 Å². The van der Waals surface area contributed by atoms with E-state index in [1.165, 1.54) is 11.1 Å². The molecule has 178 valence electrons. The highest BCUT2D eigenvalue weighted by atomic mass is 31.2. The molecule has 0 saturated carbocycles. The van der Waals surface area contributed by atoms with Crippen LogP contribution in [0.25, 0.3) is 0 Å². The molecule has 0 atom stereocenters. The summed E-state index contributed by atoms with van der Waals surface area (Å²) in [5.41, 5.74) is 4.02. The zero-order chi connectivity index (χ0) is 24.7. The van der Waals surface area contributed by atoms with Gasteiger partial charge in [-0.3, -0.25) is 0 Å². The van der Waals surface area contributed by atoms with Crippen molar-refractivity contribution >= 4 is 8.69 Å². The number of halogens is 1. The first kappa shape index (κ1) is 26.7. The maximum absolute atomic E-state index is 15.2. The topological polar surface area (TPSA) is 18.5 Å². The molecule has 32 heavy (non-hydrogen) atoms. The highest BCUT2D eigenvalue weighted by Gasteiger charge is 2.28. The molecule has 2 rings (SSSR count). The quantitative estimate of drug-likeness (QED) is 0.423. The van der Waals surface area contributed by atoms with Gasteiger partial charge in [0.25, 0.3) is 0 Å². The predicted molar refractivity (Wildman–Crippen MR) is 137 cm³/mol. The Morgan fingerprint density at radius 3 is 1.09 bits per heavy atom. The summed E-state index contributed by atoms with van der Waals surface area (Å²) in [4.78, 5) is 0. The van der Waals surface area contributed by atoms with Crippen LogP contribution >= 0.6 is 8.69 Å². The van der Waals surface area contributed by atoms with Gasteiger partial charge in [-0.05, 0) is 44.9 Å². The van der Waals surface area contributed by atoms with E-state index in [4.69, 9.17) is 9.05 Å². The number of hydrogen-bond acceptors (Lipinski definition) is 2. The molecule has 0 heterocycles. The Morgan fingerprint density at radius 2 is 0.844 bits per heavy atom. The Balaban J connectivity index is 2.38. The van der Waals surface area contributed by atoms with Gasteiger partial charge in [-0.25, -0.2) is 0 Å². The maximum Gasteiger partial charge on any atom is 0.505 e. The molecule has 2 aromatic rings. The average Bonchev–Trinajstić information content (AvgIpc) is 2.58. The van der Waals surface area contributed by atoms with E-state index in [9.17, 15) is 0 Å². The maximum atomic E-state index is 15.2. The van der Waals surface area contributed by atoms with Crippen molar-refractivity contribution < 1.29 is 13.2 Å². The summed E-state index contributed by atoms with van der Waals surface area (Å²) in [5, 5.41) is 0. The lowest BCUT2D eigenvalue weighted by Gasteiger charge is -2.28. The summed E-state index contributed by atoms with van der Waals surface area (Å²) >= 11 is 0. The van der Waals surface area contributed by atoms with E-state index in [0.29, 0.717) is 11.5 Å². The van der Waals surface area contributed by atoms with Crippen LogP contribution in [-0.4, -0.2) is 0 Å². The van der Waals surface area contributed by atoms with Crippen LogP contribution in [0.4, 0.5) is 4.20 Å². The second-order valence-electron chi connectivity index (χ2n) is 12.8. The fourth-order valence-corrected chi connectivity index (χ4v) is 4.16. The van der Waals surface area contributed by atoms with Crippen LogP contribution in [0.5, 0.6) is 11.5 Å². The second kappa shape index (κ2) is 8.98. The van der Waals surface area contributed by atoms with E-state index in [0.717, 1.165) is 11.1 Å². The highest BCUT2D eigenvalue weighted by Crippen LogP contribution is 2.48. The Labute approximate surface area is 197 Å². The summed E-state index contributed by atoms with van der Waals surface area (Å²) in [7, 11) is -2.64. The molecule has 0 N–H and O–H groups in total. The molecule has 0 saturated heterocycles. The SMILES string of the molecule is CC(C)(C)c1ccc(OP(F)Oc2ccc(C(C)(C)C)cc2C(C)(C)C)c(C(C)(C)C)c1. The Hall–Kier alpha value is -1.60. The van der Waals surface area contributed by atoms with Crippen LogP contribution in [0.1, 0.15) is 105 Å². The molecule has 0 aromatic heterocycles. The third-order valence-corrected chi connectivity index (χ3v) is 6.33. The van der Waals surface area contributed by atoms with Crippen molar-refractivity contribution in [2.75, 3.05) is 0 Å². The van der Waals surface area contributed by atoms with Gasteiger partial charge in [0.05, 0.1) is 0 Å². The first-order valence-electron chi connectivity index (χ1n) is 11.4. The van der Waals surface area contributed by atoms with Crippen molar-refractivity contribution in [3.8, 4) is 11.5 Å². The minimum atomic E-state index is -2.64. The van der Waals surface area contributed by atoms with E-state index in [2.05, 4.69) is 95.2 Å². The van der Waals surface area contributed by atoms with Crippen molar-refractivity contribution in [1.29, 1.82) is 0 Å². The van der Waals surface area contributed by atoms with E-state index in [1.807, 2.05) is 24.3 Å². The molecule has 0 radical (unpaired) electrons. The van der Waals surface area contributed by atoms with Gasteiger partial charge < -0.3 is 9.05 Å². The van der Waals surface area contributed by atoms with E-state index >= 15 is 4.20 Å². The van der Waals surface area contributed by atoms with Crippen LogP contribution in [0.3, 0.4) is 0 Å². The first-order valence-corrected chi connectivity index (χ1v) is 12.5. The van der Waals surface area contributed by atoms with Gasteiger partial charge in [-0.1, -0.05) is 107 Å². The summed E-state index contributed by atoms with van der Waals surface area (Å²) in [6.07, 6.45) is 0. The highest BCUT2D eigenvalue weighted by molar-refractivity contribution is 7.42. The normalized spacial score (nSPS) is 13.4. The third-order valence-electron chi connectivity index (χ3n) is 5.65. The molecule has 0 amide bonds. The lowest BCUT2D eigenvalue weighted by atomic mass is 9.80. The van der Waals surface area contributed by atoms with Gasteiger partial charge in [0.15, 0.2) is 0 Å². The zero-order valence-electron chi connectivity index (χ0n) is 22.1. The molecule has 2 nitrogen and oxygen atoms in total. The van der Waals surface area contributed by atoms with E-state index < -0.39 is 8.69 Å². The van der Waals surface area contributed by atoms with Crippen LogP contribution in [-0.2, 0) is 21.7 Å². The standard InChI is InChI=1S/C28H42FO2P/c1-25(2,3)19-13-15-23(21(17-19)27(7,8)9)30-32(29)31-24-16-14-20(26(4,5)6)18-22(24)28(10,11)12/h13-18H,1-12H3. The van der Waals surface area contributed by atoms with E-state index in [-0.39, 0.29) is 21.7 Å². The molecule has 0 aliphatic rings. The fourth-order valence-electron chi connectivity index (χ4n) is 3.50. The second-order valence-corrected chi connectivity index (χ2v) is 13.6. The van der Waals surface area contributed by atoms with Crippen LogP contribution < -0.4 is 9.05 Å². The third kappa shape index (κ3) is 6.70. The fraction of sp³-hybridized carbons (Fsp3) is 0.571. The molecule has 0 fully saturated rings. The van der Waals surface area contributed by atoms with Gasteiger partial charge in [0, 0.05) is 11.1 Å². The summed E-state index contributed by atoms with van der Waals surface area (Å²) < 4.78 is 26.8. The predicted octanol–water partition coefficient (Wildman–Crippen LogP) is 9.53. The summed E-state index contributed by atoms with van der Waals surface area (Å²) in [6.45, 7) is 25.8. The summed E-state index contributed by atoms with van der Waals surface area (Å²) in [6, 6.07) is 12.1. The number of hydrogen-bond donors (Lipinski definition) is 0. The molecule has 0 spiro atoms. The molecular formula is C28H42FO2P. The van der Waals surface area contributed by atoms with Crippen molar-refractivity contribution in [1.82, 2.24) is 0 Å². The zero-order valence-corrected chi connectivity index (χ0v) is 23.0. The van der Waals surface area contributed by atoms with Gasteiger partial charge in [0.1, 0.15) is 11.5 Å². The molecule has 0 unspecified atom stereocenters.